The molecule has 146 valence electrons. The molecule has 2 aromatic heterocycles. The number of aromatic nitrogens is 2. The SMILES string of the molecule is Cc1cnc(NC(=O)NCCCCCOC(=O)c2cc(Br)sc2Br)[nH]c1=O. The first-order valence-corrected chi connectivity index (χ1v) is 10.5. The van der Waals surface area contributed by atoms with Crippen molar-refractivity contribution in [2.24, 2.45) is 0 Å². The number of halogens is 2. The van der Waals surface area contributed by atoms with Gasteiger partial charge in [0.15, 0.2) is 0 Å². The number of anilines is 1. The third-order valence-electron chi connectivity index (χ3n) is 3.43. The fourth-order valence-electron chi connectivity index (χ4n) is 2.00. The van der Waals surface area contributed by atoms with Gasteiger partial charge in [-0.3, -0.25) is 15.1 Å². The highest BCUT2D eigenvalue weighted by molar-refractivity contribution is 9.12. The van der Waals surface area contributed by atoms with Crippen LogP contribution in [0.5, 0.6) is 0 Å². The van der Waals surface area contributed by atoms with Gasteiger partial charge in [0.2, 0.25) is 5.95 Å². The van der Waals surface area contributed by atoms with Gasteiger partial charge < -0.3 is 10.1 Å². The van der Waals surface area contributed by atoms with Crippen LogP contribution in [0.15, 0.2) is 24.6 Å². The van der Waals surface area contributed by atoms with Crippen LogP contribution in [-0.4, -0.2) is 35.1 Å². The van der Waals surface area contributed by atoms with Crippen molar-refractivity contribution < 1.29 is 14.3 Å². The molecular formula is C16H18Br2N4O4S. The Morgan fingerprint density at radius 2 is 2.07 bits per heavy atom. The number of aryl methyl sites for hydroxylation is 1. The van der Waals surface area contributed by atoms with E-state index in [1.807, 2.05) is 0 Å². The lowest BCUT2D eigenvalue weighted by Gasteiger charge is -2.07. The molecule has 2 amide bonds. The molecule has 0 aliphatic carbocycles. The van der Waals surface area contributed by atoms with Gasteiger partial charge in [-0.05, 0) is 64.1 Å². The lowest BCUT2D eigenvalue weighted by atomic mass is 10.2. The Morgan fingerprint density at radius 1 is 1.30 bits per heavy atom. The molecule has 2 aromatic rings. The number of ether oxygens (including phenoxy) is 1. The average molecular weight is 522 g/mol. The summed E-state index contributed by atoms with van der Waals surface area (Å²) in [5.41, 5.74) is 0.685. The molecule has 11 heteroatoms. The number of nitrogens with one attached hydrogen (secondary N) is 3. The molecule has 0 aliphatic heterocycles. The normalized spacial score (nSPS) is 10.5. The summed E-state index contributed by atoms with van der Waals surface area (Å²) in [5, 5.41) is 5.13. The zero-order valence-corrected chi connectivity index (χ0v) is 18.4. The van der Waals surface area contributed by atoms with Gasteiger partial charge in [-0.15, -0.1) is 11.3 Å². The molecule has 0 aromatic carbocycles. The van der Waals surface area contributed by atoms with Gasteiger partial charge in [0, 0.05) is 18.3 Å². The first kappa shape index (κ1) is 21.6. The summed E-state index contributed by atoms with van der Waals surface area (Å²) >= 11 is 8.06. The molecule has 8 nitrogen and oxygen atoms in total. The van der Waals surface area contributed by atoms with Crippen molar-refractivity contribution in [1.29, 1.82) is 0 Å². The Kier molecular flexibility index (Phi) is 8.45. The number of urea groups is 1. The van der Waals surface area contributed by atoms with E-state index < -0.39 is 6.03 Å². The maximum absolute atomic E-state index is 11.9. The molecular weight excluding hydrogens is 504 g/mol. The van der Waals surface area contributed by atoms with Gasteiger partial charge >= 0.3 is 12.0 Å². The summed E-state index contributed by atoms with van der Waals surface area (Å²) in [6, 6.07) is 1.27. The number of unbranched alkanes of at least 4 members (excludes halogenated alkanes) is 2. The fourth-order valence-corrected chi connectivity index (χ4v) is 4.77. The number of carbonyl (C=O) groups is 2. The van der Waals surface area contributed by atoms with E-state index in [1.54, 1.807) is 13.0 Å². The topological polar surface area (TPSA) is 113 Å². The van der Waals surface area contributed by atoms with Crippen molar-refractivity contribution in [2.75, 3.05) is 18.5 Å². The predicted molar refractivity (Wildman–Crippen MR) is 110 cm³/mol. The smallest absolute Gasteiger partial charge is 0.340 e. The van der Waals surface area contributed by atoms with Crippen molar-refractivity contribution in [3.63, 3.8) is 0 Å². The van der Waals surface area contributed by atoms with Crippen LogP contribution in [0.25, 0.3) is 0 Å². The third-order valence-corrected chi connectivity index (χ3v) is 5.77. The van der Waals surface area contributed by atoms with Crippen LogP contribution in [0.3, 0.4) is 0 Å². The molecule has 0 saturated heterocycles. The van der Waals surface area contributed by atoms with Crippen molar-refractivity contribution in [1.82, 2.24) is 15.3 Å². The second-order valence-electron chi connectivity index (χ2n) is 5.56. The molecule has 0 aliphatic rings. The standard InChI is InChI=1S/C16H18Br2N4O4S/c1-9-8-20-15(21-13(9)23)22-16(25)19-5-3-2-4-6-26-14(24)10-7-11(17)27-12(10)18/h7-8H,2-6H2,1H3,(H3,19,20,21,22,23,25). The van der Waals surface area contributed by atoms with Crippen LogP contribution in [0.4, 0.5) is 10.7 Å². The summed E-state index contributed by atoms with van der Waals surface area (Å²) in [7, 11) is 0. The second kappa shape index (κ2) is 10.6. The summed E-state index contributed by atoms with van der Waals surface area (Å²) in [4.78, 5) is 41.4. The van der Waals surface area contributed by atoms with Gasteiger partial charge in [-0.2, -0.15) is 0 Å². The third kappa shape index (κ3) is 7.07. The fraction of sp³-hybridized carbons (Fsp3) is 0.375. The van der Waals surface area contributed by atoms with E-state index in [4.69, 9.17) is 4.74 Å². The Hall–Kier alpha value is -1.72. The number of H-pyrrole nitrogens is 1. The van der Waals surface area contributed by atoms with E-state index >= 15 is 0 Å². The van der Waals surface area contributed by atoms with Crippen LogP contribution in [0.1, 0.15) is 35.2 Å². The molecule has 0 bridgehead atoms. The highest BCUT2D eigenvalue weighted by Crippen LogP contribution is 2.32. The summed E-state index contributed by atoms with van der Waals surface area (Å²) in [5.74, 6) is -0.262. The van der Waals surface area contributed by atoms with Gasteiger partial charge in [-0.25, -0.2) is 14.6 Å². The number of esters is 1. The average Bonchev–Trinajstić information content (AvgIpc) is 2.95. The highest BCUT2D eigenvalue weighted by atomic mass is 79.9. The number of rotatable bonds is 8. The Morgan fingerprint density at radius 3 is 2.74 bits per heavy atom. The van der Waals surface area contributed by atoms with Gasteiger partial charge in [0.1, 0.15) is 0 Å². The summed E-state index contributed by atoms with van der Waals surface area (Å²) in [6.45, 7) is 2.41. The van der Waals surface area contributed by atoms with Crippen molar-refractivity contribution >= 4 is 61.1 Å². The number of hydrogen-bond donors (Lipinski definition) is 3. The Bertz CT molecular complexity index is 868. The van der Waals surface area contributed by atoms with Crippen LogP contribution in [-0.2, 0) is 4.74 Å². The zero-order chi connectivity index (χ0) is 19.8. The first-order chi connectivity index (χ1) is 12.9. The van der Waals surface area contributed by atoms with Crippen molar-refractivity contribution in [3.8, 4) is 0 Å². The summed E-state index contributed by atoms with van der Waals surface area (Å²) < 4.78 is 6.82. The minimum absolute atomic E-state index is 0.0984. The molecule has 27 heavy (non-hydrogen) atoms. The zero-order valence-electron chi connectivity index (χ0n) is 14.4. The van der Waals surface area contributed by atoms with E-state index in [-0.39, 0.29) is 17.5 Å². The van der Waals surface area contributed by atoms with E-state index in [0.717, 1.165) is 20.4 Å². The molecule has 3 N–H and O–H groups in total. The molecule has 0 unspecified atom stereocenters. The lowest BCUT2D eigenvalue weighted by molar-refractivity contribution is 0.0497. The molecule has 0 saturated carbocycles. The monoisotopic (exact) mass is 520 g/mol. The van der Waals surface area contributed by atoms with Crippen molar-refractivity contribution in [3.05, 3.63) is 41.3 Å². The number of hydrogen-bond acceptors (Lipinski definition) is 6. The number of thiophene rings is 1. The Balaban J connectivity index is 1.57. The molecule has 0 radical (unpaired) electrons. The maximum Gasteiger partial charge on any atom is 0.340 e. The van der Waals surface area contributed by atoms with E-state index in [9.17, 15) is 14.4 Å². The van der Waals surface area contributed by atoms with Gasteiger partial charge in [0.05, 0.1) is 19.7 Å². The van der Waals surface area contributed by atoms with Crippen LogP contribution in [0, 0.1) is 6.92 Å². The molecule has 2 heterocycles. The number of nitrogens with zero attached hydrogens (tertiary/aromatic N) is 1. The van der Waals surface area contributed by atoms with E-state index in [0.29, 0.717) is 30.7 Å². The lowest BCUT2D eigenvalue weighted by Crippen LogP contribution is -2.31. The maximum atomic E-state index is 11.9. The number of amides is 2. The molecule has 0 atom stereocenters. The van der Waals surface area contributed by atoms with Crippen molar-refractivity contribution in [2.45, 2.75) is 26.2 Å². The number of aromatic amines is 1. The van der Waals surface area contributed by atoms with E-state index in [2.05, 4.69) is 52.5 Å². The molecule has 0 fully saturated rings. The van der Waals surface area contributed by atoms with Crippen LogP contribution in [0.2, 0.25) is 0 Å². The van der Waals surface area contributed by atoms with Crippen LogP contribution < -0.4 is 16.2 Å². The minimum Gasteiger partial charge on any atom is -0.462 e. The molecule has 0 spiro atoms. The minimum atomic E-state index is -0.443. The van der Waals surface area contributed by atoms with E-state index in [1.165, 1.54) is 17.5 Å². The van der Waals surface area contributed by atoms with Gasteiger partial charge in [0.25, 0.3) is 5.56 Å². The summed E-state index contributed by atoms with van der Waals surface area (Å²) in [6.07, 6.45) is 3.62. The predicted octanol–water partition coefficient (Wildman–Crippen LogP) is 3.81. The quantitative estimate of drug-likeness (QED) is 0.361. The number of carbonyl (C=O) groups excluding carboxylic acids is 2. The largest absolute Gasteiger partial charge is 0.462 e. The highest BCUT2D eigenvalue weighted by Gasteiger charge is 2.14. The Labute approximate surface area is 176 Å². The molecule has 2 rings (SSSR count). The second-order valence-corrected chi connectivity index (χ2v) is 9.31. The first-order valence-electron chi connectivity index (χ1n) is 8.09. The van der Waals surface area contributed by atoms with Gasteiger partial charge in [-0.1, -0.05) is 0 Å². The van der Waals surface area contributed by atoms with Crippen LogP contribution >= 0.6 is 43.2 Å².